The Labute approximate surface area is 216 Å². The number of rotatable bonds is 8. The molecule has 2 fully saturated rings. The molecule has 2 aliphatic carbocycles. The fourth-order valence-corrected chi connectivity index (χ4v) is 4.60. The van der Waals surface area contributed by atoms with Crippen molar-refractivity contribution in [2.75, 3.05) is 6.61 Å². The van der Waals surface area contributed by atoms with E-state index in [2.05, 4.69) is 16.6 Å². The van der Waals surface area contributed by atoms with Crippen LogP contribution in [0.15, 0.2) is 24.3 Å². The topological polar surface area (TPSA) is 96.9 Å². The molecule has 2 aliphatic rings. The summed E-state index contributed by atoms with van der Waals surface area (Å²) in [5.74, 6) is 1.82. The molecule has 1 aromatic carbocycles. The van der Waals surface area contributed by atoms with Crippen molar-refractivity contribution in [3.05, 3.63) is 29.8 Å². The summed E-state index contributed by atoms with van der Waals surface area (Å²) < 4.78 is 10.3. The predicted octanol–water partition coefficient (Wildman–Crippen LogP) is 5.46. The molecule has 0 heterocycles. The molecule has 2 saturated carbocycles. The molecule has 7 nitrogen and oxygen atoms in total. The van der Waals surface area contributed by atoms with Crippen molar-refractivity contribution in [1.82, 2.24) is 10.6 Å². The predicted molar refractivity (Wildman–Crippen MR) is 142 cm³/mol. The minimum Gasteiger partial charge on any atom is -0.481 e. The van der Waals surface area contributed by atoms with Crippen LogP contribution >= 0.6 is 0 Å². The van der Waals surface area contributed by atoms with Crippen molar-refractivity contribution >= 4 is 12.1 Å². The van der Waals surface area contributed by atoms with Crippen LogP contribution in [0.4, 0.5) is 4.79 Å². The van der Waals surface area contributed by atoms with Gasteiger partial charge in [-0.1, -0.05) is 56.6 Å². The minimum absolute atomic E-state index is 0.129. The van der Waals surface area contributed by atoms with Gasteiger partial charge in [-0.2, -0.15) is 0 Å². The molecule has 3 N–H and O–H groups in total. The van der Waals surface area contributed by atoms with Gasteiger partial charge in [-0.3, -0.25) is 0 Å². The molecule has 0 saturated heterocycles. The van der Waals surface area contributed by atoms with Crippen molar-refractivity contribution in [3.8, 4) is 18.1 Å². The van der Waals surface area contributed by atoms with Crippen LogP contribution in [0.1, 0.15) is 90.5 Å². The van der Waals surface area contributed by atoms with Gasteiger partial charge in [0.1, 0.15) is 24.0 Å². The molecular weight excluding hydrogens is 456 g/mol. The van der Waals surface area contributed by atoms with Crippen molar-refractivity contribution in [1.29, 1.82) is 0 Å². The van der Waals surface area contributed by atoms with Crippen molar-refractivity contribution < 1.29 is 24.2 Å². The third-order valence-corrected chi connectivity index (χ3v) is 6.36. The van der Waals surface area contributed by atoms with E-state index in [1.807, 2.05) is 0 Å². The summed E-state index contributed by atoms with van der Waals surface area (Å²) in [5, 5.41) is 15.4. The van der Waals surface area contributed by atoms with Gasteiger partial charge < -0.3 is 25.2 Å². The number of ether oxygens (including phenoxy) is 2. The fraction of sp³-hybridized carbons (Fsp3) is 0.655. The molecule has 1 atom stereocenters. The van der Waals surface area contributed by atoms with E-state index in [0.717, 1.165) is 17.6 Å². The standard InChI is InChI=1S/C17H21NO5.C12H23N/c1-5-10-22-13-8-6-12(7-9-13)11-14(15(19)20)18-16(21)23-17(2,3)4;1-3-7-11(8-4-1)13-12-9-5-2-6-10-12/h1,6-9,14H,10-11H2,2-4H3,(H,18,21)(H,19,20);11-13H,1-10H2/t14-;/m0./s1. The van der Waals surface area contributed by atoms with Gasteiger partial charge in [0, 0.05) is 18.5 Å². The molecule has 0 radical (unpaired) electrons. The summed E-state index contributed by atoms with van der Waals surface area (Å²) in [5.41, 5.74) is 0.0462. The van der Waals surface area contributed by atoms with Gasteiger partial charge in [0.2, 0.25) is 0 Å². The van der Waals surface area contributed by atoms with Gasteiger partial charge in [0.05, 0.1) is 0 Å². The molecule has 0 spiro atoms. The number of carbonyl (C=O) groups excluding carboxylic acids is 1. The number of amides is 1. The molecule has 0 aromatic heterocycles. The summed E-state index contributed by atoms with van der Waals surface area (Å²) in [6.07, 6.45) is 19.0. The highest BCUT2D eigenvalue weighted by atomic mass is 16.6. The molecule has 3 rings (SSSR count). The number of carboxylic acids is 1. The van der Waals surface area contributed by atoms with E-state index in [0.29, 0.717) is 5.75 Å². The first-order chi connectivity index (χ1) is 17.2. The van der Waals surface area contributed by atoms with E-state index in [1.54, 1.807) is 45.0 Å². The summed E-state index contributed by atoms with van der Waals surface area (Å²) >= 11 is 0. The van der Waals surface area contributed by atoms with E-state index < -0.39 is 23.7 Å². The Morgan fingerprint density at radius 3 is 1.97 bits per heavy atom. The number of hydrogen-bond donors (Lipinski definition) is 3. The van der Waals surface area contributed by atoms with E-state index in [-0.39, 0.29) is 13.0 Å². The summed E-state index contributed by atoms with van der Waals surface area (Å²) in [4.78, 5) is 23.0. The van der Waals surface area contributed by atoms with Crippen LogP contribution in [-0.4, -0.2) is 47.5 Å². The Morgan fingerprint density at radius 2 is 1.53 bits per heavy atom. The Bertz CT molecular complexity index is 813. The summed E-state index contributed by atoms with van der Waals surface area (Å²) in [7, 11) is 0. The number of carboxylic acid groups (broad SMARTS) is 1. The molecule has 0 unspecified atom stereocenters. The maximum Gasteiger partial charge on any atom is 0.408 e. The molecule has 7 heteroatoms. The average molecular weight is 501 g/mol. The molecule has 200 valence electrons. The highest BCUT2D eigenvalue weighted by Gasteiger charge is 2.24. The largest absolute Gasteiger partial charge is 0.481 e. The van der Waals surface area contributed by atoms with Gasteiger partial charge in [0.15, 0.2) is 0 Å². The molecule has 0 bridgehead atoms. The van der Waals surface area contributed by atoms with Crippen LogP contribution in [-0.2, 0) is 16.0 Å². The number of aliphatic carboxylic acids is 1. The number of terminal acetylenes is 1. The Hall–Kier alpha value is -2.72. The zero-order valence-electron chi connectivity index (χ0n) is 22.2. The highest BCUT2D eigenvalue weighted by Crippen LogP contribution is 2.22. The number of carbonyl (C=O) groups is 2. The Morgan fingerprint density at radius 1 is 1.00 bits per heavy atom. The first-order valence-corrected chi connectivity index (χ1v) is 13.3. The minimum atomic E-state index is -1.14. The van der Waals surface area contributed by atoms with Crippen molar-refractivity contribution in [2.24, 2.45) is 0 Å². The second-order valence-corrected chi connectivity index (χ2v) is 10.7. The Balaban J connectivity index is 0.000000293. The monoisotopic (exact) mass is 500 g/mol. The average Bonchev–Trinajstić information content (AvgIpc) is 2.84. The lowest BCUT2D eigenvalue weighted by Crippen LogP contribution is -2.44. The van der Waals surface area contributed by atoms with Crippen LogP contribution in [0.25, 0.3) is 0 Å². The summed E-state index contributed by atoms with van der Waals surface area (Å²) in [6.45, 7) is 5.28. The zero-order chi connectivity index (χ0) is 26.4. The summed E-state index contributed by atoms with van der Waals surface area (Å²) in [6, 6.07) is 7.49. The van der Waals surface area contributed by atoms with E-state index in [1.165, 1.54) is 64.2 Å². The maximum absolute atomic E-state index is 11.7. The third kappa shape index (κ3) is 12.3. The smallest absolute Gasteiger partial charge is 0.408 e. The number of alkyl carbamates (subject to hydrolysis) is 1. The van der Waals surface area contributed by atoms with Crippen molar-refractivity contribution in [3.63, 3.8) is 0 Å². The van der Waals surface area contributed by atoms with Crippen LogP contribution in [0.2, 0.25) is 0 Å². The second-order valence-electron chi connectivity index (χ2n) is 10.7. The lowest BCUT2D eigenvalue weighted by Gasteiger charge is -2.30. The van der Waals surface area contributed by atoms with Gasteiger partial charge in [0.25, 0.3) is 0 Å². The molecule has 1 amide bonds. The van der Waals surface area contributed by atoms with E-state index in [4.69, 9.17) is 15.9 Å². The fourth-order valence-electron chi connectivity index (χ4n) is 4.60. The number of nitrogens with one attached hydrogen (secondary N) is 2. The molecule has 36 heavy (non-hydrogen) atoms. The maximum atomic E-state index is 11.7. The first-order valence-electron chi connectivity index (χ1n) is 13.3. The number of benzene rings is 1. The van der Waals surface area contributed by atoms with Crippen LogP contribution < -0.4 is 15.4 Å². The van der Waals surface area contributed by atoms with E-state index in [9.17, 15) is 14.7 Å². The van der Waals surface area contributed by atoms with Gasteiger partial charge >= 0.3 is 12.1 Å². The quantitative estimate of drug-likeness (QED) is 0.410. The van der Waals surface area contributed by atoms with Gasteiger partial charge in [-0.25, -0.2) is 9.59 Å². The molecular formula is C29H44N2O5. The molecule has 0 aliphatic heterocycles. The van der Waals surface area contributed by atoms with Crippen LogP contribution in [0, 0.1) is 12.3 Å². The molecule has 1 aromatic rings. The van der Waals surface area contributed by atoms with Crippen LogP contribution in [0.3, 0.4) is 0 Å². The number of hydrogen-bond acceptors (Lipinski definition) is 5. The Kier molecular flexibility index (Phi) is 12.6. The van der Waals surface area contributed by atoms with E-state index >= 15 is 0 Å². The van der Waals surface area contributed by atoms with Crippen molar-refractivity contribution in [2.45, 2.75) is 115 Å². The second kappa shape index (κ2) is 15.4. The highest BCUT2D eigenvalue weighted by molar-refractivity contribution is 5.80. The zero-order valence-corrected chi connectivity index (χ0v) is 22.2. The lowest BCUT2D eigenvalue weighted by atomic mass is 9.91. The third-order valence-electron chi connectivity index (χ3n) is 6.36. The SMILES string of the molecule is C#CCOc1ccc(C[C@H](NC(=O)OC(C)(C)C)C(=O)O)cc1.C1CCC(NC2CCCCC2)CC1. The normalized spacial score (nSPS) is 17.6. The van der Waals surface area contributed by atoms with Gasteiger partial charge in [-0.15, -0.1) is 6.42 Å². The van der Waals surface area contributed by atoms with Gasteiger partial charge in [-0.05, 0) is 64.2 Å². The lowest BCUT2D eigenvalue weighted by molar-refractivity contribution is -0.139. The van der Waals surface area contributed by atoms with Crippen LogP contribution in [0.5, 0.6) is 5.75 Å². The first kappa shape index (κ1) is 29.5.